The van der Waals surface area contributed by atoms with Crippen molar-refractivity contribution in [2.45, 2.75) is 59.3 Å². The number of carbonyl (C=O) groups excluding carboxylic acids is 1. The second-order valence-electron chi connectivity index (χ2n) is 5.86. The highest BCUT2D eigenvalue weighted by Gasteiger charge is 2.17. The Balaban J connectivity index is 2.17. The van der Waals surface area contributed by atoms with Crippen LogP contribution in [0.1, 0.15) is 59.3 Å². The molecule has 2 nitrogen and oxygen atoms in total. The van der Waals surface area contributed by atoms with Gasteiger partial charge in [0.1, 0.15) is 0 Å². The van der Waals surface area contributed by atoms with Crippen molar-refractivity contribution in [3.8, 4) is 0 Å². The average Bonchev–Trinajstić information content (AvgIpc) is 2.17. The van der Waals surface area contributed by atoms with Crippen LogP contribution >= 0.6 is 0 Å². The van der Waals surface area contributed by atoms with Crippen molar-refractivity contribution in [3.63, 3.8) is 0 Å². The predicted molar refractivity (Wildman–Crippen MR) is 63.7 cm³/mol. The highest BCUT2D eigenvalue weighted by molar-refractivity contribution is 5.76. The lowest BCUT2D eigenvalue weighted by atomic mass is 9.90. The molecule has 1 rings (SSSR count). The van der Waals surface area contributed by atoms with Gasteiger partial charge in [-0.2, -0.15) is 0 Å². The average molecular weight is 211 g/mol. The standard InChI is InChI=1S/C13H25NO/c1-13(2,3)9-7-8-12(15)14-10-5-4-6-11-14/h4-11H2,1-3H3. The first-order chi connectivity index (χ1) is 6.99. The summed E-state index contributed by atoms with van der Waals surface area (Å²) in [4.78, 5) is 13.9. The van der Waals surface area contributed by atoms with Crippen molar-refractivity contribution >= 4 is 5.91 Å². The van der Waals surface area contributed by atoms with E-state index in [0.29, 0.717) is 11.3 Å². The molecular formula is C13H25NO. The van der Waals surface area contributed by atoms with E-state index in [4.69, 9.17) is 0 Å². The first kappa shape index (κ1) is 12.5. The Hall–Kier alpha value is -0.530. The second-order valence-corrected chi connectivity index (χ2v) is 5.86. The third-order valence-corrected chi connectivity index (χ3v) is 3.03. The lowest BCUT2D eigenvalue weighted by Gasteiger charge is -2.27. The van der Waals surface area contributed by atoms with Gasteiger partial charge in [0.25, 0.3) is 0 Å². The molecule has 1 heterocycles. The number of rotatable bonds is 3. The summed E-state index contributed by atoms with van der Waals surface area (Å²) in [7, 11) is 0. The first-order valence-corrected chi connectivity index (χ1v) is 6.27. The van der Waals surface area contributed by atoms with Crippen LogP contribution < -0.4 is 0 Å². The van der Waals surface area contributed by atoms with Crippen molar-refractivity contribution < 1.29 is 4.79 Å². The van der Waals surface area contributed by atoms with E-state index >= 15 is 0 Å². The summed E-state index contributed by atoms with van der Waals surface area (Å²) >= 11 is 0. The third-order valence-electron chi connectivity index (χ3n) is 3.03. The summed E-state index contributed by atoms with van der Waals surface area (Å²) in [6.45, 7) is 8.69. The van der Waals surface area contributed by atoms with Crippen molar-refractivity contribution in [2.75, 3.05) is 13.1 Å². The molecule has 1 amide bonds. The lowest BCUT2D eigenvalue weighted by Crippen LogP contribution is -2.35. The smallest absolute Gasteiger partial charge is 0.222 e. The van der Waals surface area contributed by atoms with E-state index in [2.05, 4.69) is 20.8 Å². The van der Waals surface area contributed by atoms with Crippen LogP contribution in [-0.4, -0.2) is 23.9 Å². The Labute approximate surface area is 94.0 Å². The summed E-state index contributed by atoms with van der Waals surface area (Å²) in [5.41, 5.74) is 0.363. The quantitative estimate of drug-likeness (QED) is 0.702. The number of hydrogen-bond acceptors (Lipinski definition) is 1. The molecule has 0 saturated carbocycles. The van der Waals surface area contributed by atoms with Gasteiger partial charge < -0.3 is 4.90 Å². The molecule has 0 aromatic rings. The van der Waals surface area contributed by atoms with E-state index in [1.54, 1.807) is 0 Å². The number of carbonyl (C=O) groups is 1. The van der Waals surface area contributed by atoms with Gasteiger partial charge in [0, 0.05) is 19.5 Å². The number of piperidine rings is 1. The fraction of sp³-hybridized carbons (Fsp3) is 0.923. The van der Waals surface area contributed by atoms with Crippen LogP contribution in [0.3, 0.4) is 0 Å². The maximum atomic E-state index is 11.8. The Morgan fingerprint density at radius 3 is 2.27 bits per heavy atom. The number of hydrogen-bond donors (Lipinski definition) is 0. The fourth-order valence-corrected chi connectivity index (χ4v) is 2.07. The molecule has 88 valence electrons. The normalized spacial score (nSPS) is 17.9. The van der Waals surface area contributed by atoms with Gasteiger partial charge >= 0.3 is 0 Å². The summed E-state index contributed by atoms with van der Waals surface area (Å²) < 4.78 is 0. The second kappa shape index (κ2) is 5.53. The molecule has 0 spiro atoms. The molecule has 0 radical (unpaired) electrons. The van der Waals surface area contributed by atoms with Crippen LogP contribution in [0, 0.1) is 5.41 Å². The minimum absolute atomic E-state index is 0.363. The van der Waals surface area contributed by atoms with Gasteiger partial charge in [-0.25, -0.2) is 0 Å². The topological polar surface area (TPSA) is 20.3 Å². The molecule has 0 aromatic heterocycles. The maximum Gasteiger partial charge on any atom is 0.222 e. The van der Waals surface area contributed by atoms with Crippen molar-refractivity contribution in [1.82, 2.24) is 4.90 Å². The van der Waals surface area contributed by atoms with Gasteiger partial charge in [0.15, 0.2) is 0 Å². The van der Waals surface area contributed by atoms with Gasteiger partial charge in [0.2, 0.25) is 5.91 Å². The van der Waals surface area contributed by atoms with Crippen LogP contribution in [-0.2, 0) is 4.79 Å². The SMILES string of the molecule is CC(C)(C)CCCC(=O)N1CCCCC1. The maximum absolute atomic E-state index is 11.8. The van der Waals surface area contributed by atoms with E-state index in [0.717, 1.165) is 32.4 Å². The van der Waals surface area contributed by atoms with E-state index < -0.39 is 0 Å². The van der Waals surface area contributed by atoms with Crippen molar-refractivity contribution in [3.05, 3.63) is 0 Å². The summed E-state index contributed by atoms with van der Waals surface area (Å²) in [6, 6.07) is 0. The molecule has 2 heteroatoms. The van der Waals surface area contributed by atoms with Gasteiger partial charge in [-0.05, 0) is 37.5 Å². The molecule has 1 saturated heterocycles. The highest BCUT2D eigenvalue weighted by atomic mass is 16.2. The van der Waals surface area contributed by atoms with Crippen LogP contribution in [0.5, 0.6) is 0 Å². The van der Waals surface area contributed by atoms with Gasteiger partial charge in [0.05, 0.1) is 0 Å². The molecule has 0 unspecified atom stereocenters. The zero-order valence-electron chi connectivity index (χ0n) is 10.5. The number of amides is 1. The van der Waals surface area contributed by atoms with Crippen LogP contribution in [0.4, 0.5) is 0 Å². The molecule has 0 atom stereocenters. The number of likely N-dealkylation sites (tertiary alicyclic amines) is 1. The fourth-order valence-electron chi connectivity index (χ4n) is 2.07. The Morgan fingerprint density at radius 2 is 1.73 bits per heavy atom. The lowest BCUT2D eigenvalue weighted by molar-refractivity contribution is -0.132. The minimum Gasteiger partial charge on any atom is -0.343 e. The minimum atomic E-state index is 0.363. The molecule has 0 bridgehead atoms. The molecule has 0 N–H and O–H groups in total. The predicted octanol–water partition coefficient (Wildman–Crippen LogP) is 3.22. The van der Waals surface area contributed by atoms with E-state index in [1.807, 2.05) is 4.90 Å². The molecular weight excluding hydrogens is 186 g/mol. The Bertz CT molecular complexity index is 199. The Morgan fingerprint density at radius 1 is 1.13 bits per heavy atom. The van der Waals surface area contributed by atoms with Crippen molar-refractivity contribution in [2.24, 2.45) is 5.41 Å². The molecule has 1 aliphatic rings. The van der Waals surface area contributed by atoms with Crippen LogP contribution in [0.15, 0.2) is 0 Å². The molecule has 15 heavy (non-hydrogen) atoms. The summed E-state index contributed by atoms with van der Waals surface area (Å²) in [5, 5.41) is 0. The van der Waals surface area contributed by atoms with E-state index in [1.165, 1.54) is 19.3 Å². The summed E-state index contributed by atoms with van der Waals surface area (Å²) in [6.07, 6.45) is 6.63. The first-order valence-electron chi connectivity index (χ1n) is 6.27. The largest absolute Gasteiger partial charge is 0.343 e. The monoisotopic (exact) mass is 211 g/mol. The van der Waals surface area contributed by atoms with E-state index in [-0.39, 0.29) is 0 Å². The summed E-state index contributed by atoms with van der Waals surface area (Å²) in [5.74, 6) is 0.374. The zero-order valence-corrected chi connectivity index (χ0v) is 10.5. The van der Waals surface area contributed by atoms with Gasteiger partial charge in [-0.1, -0.05) is 20.8 Å². The van der Waals surface area contributed by atoms with Crippen LogP contribution in [0.25, 0.3) is 0 Å². The molecule has 0 aromatic carbocycles. The molecule has 1 aliphatic heterocycles. The van der Waals surface area contributed by atoms with Gasteiger partial charge in [-0.3, -0.25) is 4.79 Å². The third kappa shape index (κ3) is 5.19. The van der Waals surface area contributed by atoms with Crippen LogP contribution in [0.2, 0.25) is 0 Å². The molecule has 1 fully saturated rings. The number of nitrogens with zero attached hydrogens (tertiary/aromatic N) is 1. The zero-order chi connectivity index (χ0) is 11.3. The van der Waals surface area contributed by atoms with Gasteiger partial charge in [-0.15, -0.1) is 0 Å². The van der Waals surface area contributed by atoms with Crippen molar-refractivity contribution in [1.29, 1.82) is 0 Å². The Kier molecular flexibility index (Phi) is 4.62. The molecule has 0 aliphatic carbocycles. The van der Waals surface area contributed by atoms with E-state index in [9.17, 15) is 4.79 Å². The highest BCUT2D eigenvalue weighted by Crippen LogP contribution is 2.22.